The Kier molecular flexibility index (Phi) is 7.30. The molecule has 7 nitrogen and oxygen atoms in total. The normalized spacial score (nSPS) is 15.0. The van der Waals surface area contributed by atoms with Gasteiger partial charge in [-0.3, -0.25) is 4.79 Å². The molecule has 1 aromatic carbocycles. The zero-order chi connectivity index (χ0) is 18.8. The molecule has 0 spiro atoms. The Bertz CT molecular complexity index is 676. The number of nitrogens with zero attached hydrogens (tertiary/aromatic N) is 2. The summed E-state index contributed by atoms with van der Waals surface area (Å²) in [6.45, 7) is 0.644. The van der Waals surface area contributed by atoms with E-state index in [1.165, 1.54) is 0 Å². The summed E-state index contributed by atoms with van der Waals surface area (Å²) in [5.74, 6) is 1.11. The second kappa shape index (κ2) is 9.68. The number of carbonyl (C=O) groups is 2. The molecule has 0 aliphatic carbocycles. The van der Waals surface area contributed by atoms with Crippen molar-refractivity contribution in [2.24, 2.45) is 10.2 Å². The molecule has 1 atom stereocenters. The van der Waals surface area contributed by atoms with Crippen molar-refractivity contribution in [1.29, 1.82) is 0 Å². The smallest absolute Gasteiger partial charge is 0.326 e. The summed E-state index contributed by atoms with van der Waals surface area (Å²) in [7, 11) is 0. The standard InChI is InChI=1S/C19H23N3O4/c1-2-3-11-19(21-22-19)12-9-17(23)20-16(18(24)25)10-13-26-14-15-7-5-4-6-8-15/h1,4-8,16H,3,9-14H2,(H,20,23)(H,24,25). The van der Waals surface area contributed by atoms with Crippen LogP contribution in [0.2, 0.25) is 0 Å². The maximum Gasteiger partial charge on any atom is 0.326 e. The van der Waals surface area contributed by atoms with Crippen molar-refractivity contribution in [3.63, 3.8) is 0 Å². The van der Waals surface area contributed by atoms with E-state index in [2.05, 4.69) is 21.5 Å². The van der Waals surface area contributed by atoms with Crippen molar-refractivity contribution >= 4 is 11.9 Å². The first kappa shape index (κ1) is 19.6. The van der Waals surface area contributed by atoms with E-state index in [0.29, 0.717) is 25.9 Å². The molecular weight excluding hydrogens is 334 g/mol. The number of amides is 1. The summed E-state index contributed by atoms with van der Waals surface area (Å²) in [5, 5.41) is 19.7. The van der Waals surface area contributed by atoms with Crippen LogP contribution in [-0.2, 0) is 20.9 Å². The fourth-order valence-electron chi connectivity index (χ4n) is 2.47. The molecule has 1 heterocycles. The molecular formula is C19H23N3O4. The predicted octanol–water partition coefficient (Wildman–Crippen LogP) is 2.52. The lowest BCUT2D eigenvalue weighted by molar-refractivity contribution is -0.142. The fraction of sp³-hybridized carbons (Fsp3) is 0.474. The van der Waals surface area contributed by atoms with E-state index < -0.39 is 17.7 Å². The number of benzene rings is 1. The molecule has 138 valence electrons. The van der Waals surface area contributed by atoms with Gasteiger partial charge in [-0.05, 0) is 5.56 Å². The molecule has 7 heteroatoms. The van der Waals surface area contributed by atoms with Gasteiger partial charge < -0.3 is 15.2 Å². The van der Waals surface area contributed by atoms with Crippen molar-refractivity contribution in [2.75, 3.05) is 6.61 Å². The Balaban J connectivity index is 1.67. The Morgan fingerprint density at radius 1 is 1.27 bits per heavy atom. The van der Waals surface area contributed by atoms with Crippen molar-refractivity contribution in [3.05, 3.63) is 35.9 Å². The zero-order valence-corrected chi connectivity index (χ0v) is 14.6. The largest absolute Gasteiger partial charge is 0.480 e. The van der Waals surface area contributed by atoms with E-state index in [0.717, 1.165) is 5.56 Å². The number of terminal acetylenes is 1. The van der Waals surface area contributed by atoms with Gasteiger partial charge in [-0.2, -0.15) is 10.2 Å². The van der Waals surface area contributed by atoms with Gasteiger partial charge in [0.15, 0.2) is 5.66 Å². The molecule has 1 aliphatic rings. The molecule has 0 bridgehead atoms. The number of ether oxygens (including phenoxy) is 1. The van der Waals surface area contributed by atoms with E-state index in [9.17, 15) is 14.7 Å². The SMILES string of the molecule is C#CCCC1(CCC(=O)NC(CCOCc2ccccc2)C(=O)O)N=N1. The number of carboxylic acid groups (broad SMARTS) is 1. The number of rotatable bonds is 12. The van der Waals surface area contributed by atoms with Crippen LogP contribution in [0.3, 0.4) is 0 Å². The molecule has 1 amide bonds. The first-order chi connectivity index (χ1) is 12.5. The average molecular weight is 357 g/mol. The van der Waals surface area contributed by atoms with E-state index in [1.54, 1.807) is 0 Å². The number of carboxylic acids is 1. The highest BCUT2D eigenvalue weighted by atomic mass is 16.5. The maximum atomic E-state index is 12.0. The van der Waals surface area contributed by atoms with E-state index in [-0.39, 0.29) is 25.4 Å². The van der Waals surface area contributed by atoms with Gasteiger partial charge in [-0.1, -0.05) is 30.3 Å². The summed E-state index contributed by atoms with van der Waals surface area (Å²) < 4.78 is 5.49. The van der Waals surface area contributed by atoms with Gasteiger partial charge in [0.05, 0.1) is 6.61 Å². The second-order valence-corrected chi connectivity index (χ2v) is 6.17. The van der Waals surface area contributed by atoms with Crippen LogP contribution in [0.25, 0.3) is 0 Å². The number of hydrogen-bond acceptors (Lipinski definition) is 5. The lowest BCUT2D eigenvalue weighted by atomic mass is 10.0. The number of hydrogen-bond donors (Lipinski definition) is 2. The minimum absolute atomic E-state index is 0.159. The summed E-state index contributed by atoms with van der Waals surface area (Å²) >= 11 is 0. The van der Waals surface area contributed by atoms with Crippen LogP contribution in [0.1, 0.15) is 37.7 Å². The highest BCUT2D eigenvalue weighted by Crippen LogP contribution is 2.37. The predicted molar refractivity (Wildman–Crippen MR) is 95.2 cm³/mol. The number of aliphatic carboxylic acids is 1. The van der Waals surface area contributed by atoms with Gasteiger partial charge in [0.2, 0.25) is 5.91 Å². The lowest BCUT2D eigenvalue weighted by Gasteiger charge is -2.15. The Morgan fingerprint density at radius 3 is 2.62 bits per heavy atom. The molecule has 1 aliphatic heterocycles. The van der Waals surface area contributed by atoms with Crippen molar-refractivity contribution in [3.8, 4) is 12.3 Å². The molecule has 1 aromatic rings. The second-order valence-electron chi connectivity index (χ2n) is 6.17. The van der Waals surface area contributed by atoms with Crippen molar-refractivity contribution < 1.29 is 19.4 Å². The van der Waals surface area contributed by atoms with Crippen LogP contribution in [0, 0.1) is 12.3 Å². The monoisotopic (exact) mass is 357 g/mol. The van der Waals surface area contributed by atoms with Gasteiger partial charge in [0, 0.05) is 38.7 Å². The molecule has 2 N–H and O–H groups in total. The third-order valence-corrected chi connectivity index (χ3v) is 4.10. The van der Waals surface area contributed by atoms with E-state index in [4.69, 9.17) is 11.2 Å². The topological polar surface area (TPSA) is 100 Å². The Morgan fingerprint density at radius 2 is 2.00 bits per heavy atom. The molecule has 0 radical (unpaired) electrons. The fourth-order valence-corrected chi connectivity index (χ4v) is 2.47. The van der Waals surface area contributed by atoms with Crippen LogP contribution < -0.4 is 5.32 Å². The summed E-state index contributed by atoms with van der Waals surface area (Å²) in [4.78, 5) is 23.3. The van der Waals surface area contributed by atoms with Gasteiger partial charge in [0.1, 0.15) is 6.04 Å². The van der Waals surface area contributed by atoms with Crippen LogP contribution in [0.5, 0.6) is 0 Å². The molecule has 2 rings (SSSR count). The third kappa shape index (κ3) is 6.65. The summed E-state index contributed by atoms with van der Waals surface area (Å²) in [6, 6.07) is 8.62. The van der Waals surface area contributed by atoms with Crippen LogP contribution >= 0.6 is 0 Å². The molecule has 0 saturated heterocycles. The van der Waals surface area contributed by atoms with E-state index in [1.807, 2.05) is 30.3 Å². The Hall–Kier alpha value is -2.72. The molecule has 26 heavy (non-hydrogen) atoms. The van der Waals surface area contributed by atoms with Crippen LogP contribution in [0.15, 0.2) is 40.6 Å². The van der Waals surface area contributed by atoms with Crippen molar-refractivity contribution in [2.45, 2.75) is 50.4 Å². The van der Waals surface area contributed by atoms with Crippen molar-refractivity contribution in [1.82, 2.24) is 5.32 Å². The highest BCUT2D eigenvalue weighted by Gasteiger charge is 2.39. The molecule has 0 fully saturated rings. The van der Waals surface area contributed by atoms with Crippen LogP contribution in [-0.4, -0.2) is 35.3 Å². The lowest BCUT2D eigenvalue weighted by Crippen LogP contribution is -2.41. The summed E-state index contributed by atoms with van der Waals surface area (Å²) in [5.41, 5.74) is 0.471. The molecule has 0 aromatic heterocycles. The Labute approximate surface area is 152 Å². The minimum Gasteiger partial charge on any atom is -0.480 e. The summed E-state index contributed by atoms with van der Waals surface area (Å²) in [6.07, 6.45) is 7.19. The quantitative estimate of drug-likeness (QED) is 0.443. The van der Waals surface area contributed by atoms with Gasteiger partial charge >= 0.3 is 5.97 Å². The van der Waals surface area contributed by atoms with Gasteiger partial charge in [-0.15, -0.1) is 12.3 Å². The third-order valence-electron chi connectivity index (χ3n) is 4.10. The van der Waals surface area contributed by atoms with Crippen LogP contribution in [0.4, 0.5) is 0 Å². The van der Waals surface area contributed by atoms with Gasteiger partial charge in [-0.25, -0.2) is 4.79 Å². The van der Waals surface area contributed by atoms with E-state index >= 15 is 0 Å². The molecule has 0 saturated carbocycles. The minimum atomic E-state index is -1.08. The zero-order valence-electron chi connectivity index (χ0n) is 14.6. The van der Waals surface area contributed by atoms with Gasteiger partial charge in [0.25, 0.3) is 0 Å². The maximum absolute atomic E-state index is 12.0. The number of nitrogens with one attached hydrogen (secondary N) is 1. The number of carbonyl (C=O) groups excluding carboxylic acids is 1. The molecule has 1 unspecified atom stereocenters. The first-order valence-corrected chi connectivity index (χ1v) is 8.56. The average Bonchev–Trinajstić information content (AvgIpc) is 3.42. The highest BCUT2D eigenvalue weighted by molar-refractivity contribution is 5.83. The first-order valence-electron chi connectivity index (χ1n) is 8.56.